The first-order chi connectivity index (χ1) is 5.33. The molecule has 2 nitrogen and oxygen atoms in total. The molecule has 0 aromatic carbocycles. The normalized spacial score (nSPS) is 10.7. The molecule has 0 radical (unpaired) electrons. The molecule has 0 fully saturated rings. The van der Waals surface area contributed by atoms with E-state index in [-0.39, 0.29) is 5.82 Å². The van der Waals surface area contributed by atoms with Crippen molar-refractivity contribution in [1.82, 2.24) is 4.98 Å². The minimum absolute atomic E-state index is 0.324. The van der Waals surface area contributed by atoms with Gasteiger partial charge in [-0.15, -0.1) is 0 Å². The highest BCUT2D eigenvalue weighted by Crippen LogP contribution is 1.99. The number of nitrogens with two attached hydrogens (primary N) is 1. The molecule has 1 rings (SSSR count). The maximum absolute atomic E-state index is 12.3. The summed E-state index contributed by atoms with van der Waals surface area (Å²) in [6.07, 6.45) is 4.69. The summed E-state index contributed by atoms with van der Waals surface area (Å²) in [5.41, 5.74) is 5.94. The van der Waals surface area contributed by atoms with E-state index in [1.54, 1.807) is 18.2 Å². The number of halogens is 1. The van der Waals surface area contributed by atoms with Gasteiger partial charge in [-0.2, -0.15) is 0 Å². The molecule has 0 aliphatic carbocycles. The van der Waals surface area contributed by atoms with Crippen LogP contribution in [0.4, 0.5) is 4.39 Å². The van der Waals surface area contributed by atoms with Crippen molar-refractivity contribution < 1.29 is 4.39 Å². The van der Waals surface area contributed by atoms with Crippen LogP contribution in [0.1, 0.15) is 5.69 Å². The molecule has 2 N–H and O–H groups in total. The average Bonchev–Trinajstić information content (AvgIpc) is 2.04. The molecule has 11 heavy (non-hydrogen) atoms. The summed E-state index contributed by atoms with van der Waals surface area (Å²) in [6, 6.07) is 2.96. The van der Waals surface area contributed by atoms with Crippen LogP contribution in [-0.2, 0) is 0 Å². The first kappa shape index (κ1) is 7.88. The zero-order chi connectivity index (χ0) is 8.10. The summed E-state index contributed by atoms with van der Waals surface area (Å²) in [5.74, 6) is -0.324. The smallest absolute Gasteiger partial charge is 0.141 e. The summed E-state index contributed by atoms with van der Waals surface area (Å²) in [5, 5.41) is 0. The fraction of sp³-hybridized carbons (Fsp3) is 0.125. The van der Waals surface area contributed by atoms with Crippen molar-refractivity contribution in [3.05, 3.63) is 35.9 Å². The molecule has 0 unspecified atom stereocenters. The number of hydrogen-bond acceptors (Lipinski definition) is 2. The van der Waals surface area contributed by atoms with Crippen molar-refractivity contribution in [3.8, 4) is 0 Å². The Balaban J connectivity index is 2.73. The van der Waals surface area contributed by atoms with Crippen molar-refractivity contribution in [3.63, 3.8) is 0 Å². The highest BCUT2D eigenvalue weighted by molar-refractivity contribution is 5.43. The lowest BCUT2D eigenvalue weighted by Crippen LogP contribution is -1.92. The number of rotatable bonds is 2. The third kappa shape index (κ3) is 2.47. The first-order valence-electron chi connectivity index (χ1n) is 3.31. The molecule has 1 aromatic rings. The van der Waals surface area contributed by atoms with Gasteiger partial charge >= 0.3 is 0 Å². The molecule has 0 atom stereocenters. The predicted molar refractivity (Wildman–Crippen MR) is 42.3 cm³/mol. The van der Waals surface area contributed by atoms with E-state index in [1.807, 2.05) is 0 Å². The van der Waals surface area contributed by atoms with E-state index in [2.05, 4.69) is 4.98 Å². The van der Waals surface area contributed by atoms with E-state index in [0.29, 0.717) is 6.54 Å². The molecule has 1 heterocycles. The summed E-state index contributed by atoms with van der Waals surface area (Å²) >= 11 is 0. The molecule has 0 amide bonds. The van der Waals surface area contributed by atoms with Gasteiger partial charge in [-0.1, -0.05) is 6.08 Å². The molecule has 0 saturated carbocycles. The van der Waals surface area contributed by atoms with Gasteiger partial charge in [-0.3, -0.25) is 4.98 Å². The van der Waals surface area contributed by atoms with Crippen LogP contribution in [0.5, 0.6) is 0 Å². The molecule has 0 aliphatic rings. The number of pyridine rings is 1. The van der Waals surface area contributed by atoms with Gasteiger partial charge < -0.3 is 5.73 Å². The first-order valence-corrected chi connectivity index (χ1v) is 3.31. The summed E-state index contributed by atoms with van der Waals surface area (Å²) < 4.78 is 12.3. The van der Waals surface area contributed by atoms with Crippen LogP contribution in [0.25, 0.3) is 6.08 Å². The van der Waals surface area contributed by atoms with Gasteiger partial charge in [0.15, 0.2) is 0 Å². The van der Waals surface area contributed by atoms with Crippen LogP contribution in [0.3, 0.4) is 0 Å². The molecular formula is C8H9FN2. The van der Waals surface area contributed by atoms with E-state index in [0.717, 1.165) is 5.69 Å². The van der Waals surface area contributed by atoms with Crippen molar-refractivity contribution in [2.24, 2.45) is 5.73 Å². The monoisotopic (exact) mass is 152 g/mol. The predicted octanol–water partition coefficient (Wildman–Crippen LogP) is 1.19. The second-order valence-corrected chi connectivity index (χ2v) is 2.04. The minimum atomic E-state index is -0.324. The van der Waals surface area contributed by atoms with Gasteiger partial charge in [0.05, 0.1) is 11.9 Å². The van der Waals surface area contributed by atoms with E-state index in [1.165, 1.54) is 12.3 Å². The van der Waals surface area contributed by atoms with Crippen LogP contribution < -0.4 is 5.73 Å². The third-order valence-electron chi connectivity index (χ3n) is 1.17. The molecule has 0 aliphatic heterocycles. The Morgan fingerprint density at radius 3 is 2.91 bits per heavy atom. The summed E-state index contributed by atoms with van der Waals surface area (Å²) in [4.78, 5) is 3.80. The Morgan fingerprint density at radius 2 is 2.36 bits per heavy atom. The van der Waals surface area contributed by atoms with Gasteiger partial charge in [0.2, 0.25) is 0 Å². The maximum Gasteiger partial charge on any atom is 0.141 e. The van der Waals surface area contributed by atoms with Gasteiger partial charge in [0.25, 0.3) is 0 Å². The van der Waals surface area contributed by atoms with Crippen LogP contribution in [-0.4, -0.2) is 11.5 Å². The Hall–Kier alpha value is -1.22. The van der Waals surface area contributed by atoms with Crippen LogP contribution in [0.2, 0.25) is 0 Å². The topological polar surface area (TPSA) is 38.9 Å². The number of aromatic nitrogens is 1. The lowest BCUT2D eigenvalue weighted by Gasteiger charge is -1.90. The van der Waals surface area contributed by atoms with E-state index >= 15 is 0 Å². The lowest BCUT2D eigenvalue weighted by molar-refractivity contribution is 0.621. The van der Waals surface area contributed by atoms with Crippen LogP contribution >= 0.6 is 0 Å². The van der Waals surface area contributed by atoms with Crippen molar-refractivity contribution in [1.29, 1.82) is 0 Å². The maximum atomic E-state index is 12.3. The Labute approximate surface area is 64.6 Å². The van der Waals surface area contributed by atoms with Crippen molar-refractivity contribution in [2.75, 3.05) is 6.54 Å². The fourth-order valence-electron chi connectivity index (χ4n) is 0.675. The Morgan fingerprint density at radius 1 is 1.55 bits per heavy atom. The molecular weight excluding hydrogens is 143 g/mol. The van der Waals surface area contributed by atoms with Gasteiger partial charge in [0, 0.05) is 6.54 Å². The van der Waals surface area contributed by atoms with E-state index in [9.17, 15) is 4.39 Å². The lowest BCUT2D eigenvalue weighted by atomic mass is 10.3. The SMILES string of the molecule is NC/C=C/c1ccc(F)cn1. The summed E-state index contributed by atoms with van der Waals surface area (Å²) in [7, 11) is 0. The largest absolute Gasteiger partial charge is 0.327 e. The number of nitrogens with zero attached hydrogens (tertiary/aromatic N) is 1. The van der Waals surface area contributed by atoms with Gasteiger partial charge in [0.1, 0.15) is 5.82 Å². The summed E-state index contributed by atoms with van der Waals surface area (Å²) in [6.45, 7) is 0.471. The molecule has 1 aromatic heterocycles. The van der Waals surface area contributed by atoms with Gasteiger partial charge in [-0.25, -0.2) is 4.39 Å². The molecule has 3 heteroatoms. The van der Waals surface area contributed by atoms with E-state index in [4.69, 9.17) is 5.73 Å². The van der Waals surface area contributed by atoms with Crippen molar-refractivity contribution in [2.45, 2.75) is 0 Å². The zero-order valence-electron chi connectivity index (χ0n) is 6.00. The standard InChI is InChI=1S/C8H9FN2/c9-7-3-4-8(11-6-7)2-1-5-10/h1-4,6H,5,10H2/b2-1+. The van der Waals surface area contributed by atoms with Crippen LogP contribution in [0.15, 0.2) is 24.4 Å². The Bertz CT molecular complexity index is 241. The second-order valence-electron chi connectivity index (χ2n) is 2.04. The highest BCUT2D eigenvalue weighted by atomic mass is 19.1. The molecule has 0 bridgehead atoms. The minimum Gasteiger partial charge on any atom is -0.327 e. The fourth-order valence-corrected chi connectivity index (χ4v) is 0.675. The highest BCUT2D eigenvalue weighted by Gasteiger charge is 1.88. The van der Waals surface area contributed by atoms with Crippen LogP contribution in [0, 0.1) is 5.82 Å². The molecule has 58 valence electrons. The number of hydrogen-bond donors (Lipinski definition) is 1. The Kier molecular flexibility index (Phi) is 2.74. The van der Waals surface area contributed by atoms with E-state index < -0.39 is 0 Å². The van der Waals surface area contributed by atoms with Gasteiger partial charge in [-0.05, 0) is 18.2 Å². The van der Waals surface area contributed by atoms with Crippen molar-refractivity contribution >= 4 is 6.08 Å². The molecule has 0 saturated heterocycles. The third-order valence-corrected chi connectivity index (χ3v) is 1.17. The quantitative estimate of drug-likeness (QED) is 0.691. The zero-order valence-corrected chi connectivity index (χ0v) is 6.00. The second kappa shape index (κ2) is 3.83. The molecule has 0 spiro atoms. The average molecular weight is 152 g/mol.